The molecule has 2 aromatic heterocycles. The fourth-order valence-electron chi connectivity index (χ4n) is 3.29. The second-order valence-corrected chi connectivity index (χ2v) is 7.56. The molecule has 0 fully saturated rings. The van der Waals surface area contributed by atoms with Gasteiger partial charge in [0, 0.05) is 22.8 Å². The minimum atomic E-state index is -0.355. The first-order valence-corrected chi connectivity index (χ1v) is 9.86. The Kier molecular flexibility index (Phi) is 5.64. The highest BCUT2D eigenvalue weighted by Gasteiger charge is 2.23. The van der Waals surface area contributed by atoms with Gasteiger partial charge >= 0.3 is 0 Å². The van der Waals surface area contributed by atoms with Crippen molar-refractivity contribution in [1.82, 2.24) is 20.1 Å². The molecule has 29 heavy (non-hydrogen) atoms. The van der Waals surface area contributed by atoms with E-state index < -0.39 is 0 Å². The standard InChI is InChI=1S/C21H19FN4O2S/c1-28-11-15-19-16(22)8-5-9-18(19)29-20(15)21(27)25-17(10-26-13-23-12-24-26)14-6-3-2-4-7-14/h2-9,12-13,17H,10-11H2,1H3,(H,25,27). The zero-order valence-corrected chi connectivity index (χ0v) is 16.5. The number of methoxy groups -OCH3 is 1. The molecule has 1 atom stereocenters. The average Bonchev–Trinajstić information content (AvgIpc) is 3.37. The monoisotopic (exact) mass is 410 g/mol. The van der Waals surface area contributed by atoms with Crippen LogP contribution in [0.25, 0.3) is 10.1 Å². The van der Waals surface area contributed by atoms with Crippen LogP contribution in [0.5, 0.6) is 0 Å². The van der Waals surface area contributed by atoms with Crippen LogP contribution in [0.2, 0.25) is 0 Å². The van der Waals surface area contributed by atoms with Gasteiger partial charge in [-0.15, -0.1) is 11.3 Å². The van der Waals surface area contributed by atoms with Crippen LogP contribution in [0, 0.1) is 5.82 Å². The van der Waals surface area contributed by atoms with Gasteiger partial charge in [0.1, 0.15) is 18.5 Å². The third-order valence-electron chi connectivity index (χ3n) is 4.60. The molecule has 8 heteroatoms. The van der Waals surface area contributed by atoms with Crippen LogP contribution in [-0.2, 0) is 17.9 Å². The number of rotatable bonds is 7. The minimum Gasteiger partial charge on any atom is -0.380 e. The SMILES string of the molecule is COCc1c(C(=O)NC(Cn2cncn2)c2ccccc2)sc2cccc(F)c12. The summed E-state index contributed by atoms with van der Waals surface area (Å²) in [7, 11) is 1.53. The highest BCUT2D eigenvalue weighted by molar-refractivity contribution is 7.21. The molecule has 2 heterocycles. The number of aromatic nitrogens is 3. The molecule has 0 saturated heterocycles. The number of fused-ring (bicyclic) bond motifs is 1. The summed E-state index contributed by atoms with van der Waals surface area (Å²) in [6, 6.07) is 14.2. The lowest BCUT2D eigenvalue weighted by atomic mass is 10.1. The molecule has 0 saturated carbocycles. The van der Waals surface area contributed by atoms with Gasteiger partial charge in [-0.3, -0.25) is 9.48 Å². The summed E-state index contributed by atoms with van der Waals surface area (Å²) in [5.74, 6) is -0.626. The van der Waals surface area contributed by atoms with Crippen molar-refractivity contribution >= 4 is 27.3 Å². The number of carbonyl (C=O) groups is 1. The molecular weight excluding hydrogens is 391 g/mol. The first-order chi connectivity index (χ1) is 14.2. The fraction of sp³-hybridized carbons (Fsp3) is 0.190. The molecular formula is C21H19FN4O2S. The molecule has 4 aromatic rings. The van der Waals surface area contributed by atoms with E-state index in [2.05, 4.69) is 15.4 Å². The van der Waals surface area contributed by atoms with Gasteiger partial charge in [-0.25, -0.2) is 9.37 Å². The predicted octanol–water partition coefficient (Wildman–Crippen LogP) is 3.95. The lowest BCUT2D eigenvalue weighted by Gasteiger charge is -2.19. The Morgan fingerprint density at radius 2 is 2.07 bits per heavy atom. The fourth-order valence-corrected chi connectivity index (χ4v) is 4.42. The van der Waals surface area contributed by atoms with Crippen LogP contribution in [0.1, 0.15) is 26.8 Å². The third-order valence-corrected chi connectivity index (χ3v) is 5.80. The van der Waals surface area contributed by atoms with Gasteiger partial charge in [0.05, 0.1) is 24.1 Å². The summed E-state index contributed by atoms with van der Waals surface area (Å²) in [6.45, 7) is 0.581. The van der Waals surface area contributed by atoms with Crippen LogP contribution in [-0.4, -0.2) is 27.8 Å². The van der Waals surface area contributed by atoms with Crippen LogP contribution in [0.4, 0.5) is 4.39 Å². The Hall–Kier alpha value is -3.10. The van der Waals surface area contributed by atoms with Crippen LogP contribution in [0.3, 0.4) is 0 Å². The second kappa shape index (κ2) is 8.50. The van der Waals surface area contributed by atoms with Crippen LogP contribution < -0.4 is 5.32 Å². The maximum Gasteiger partial charge on any atom is 0.262 e. The average molecular weight is 410 g/mol. The zero-order valence-electron chi connectivity index (χ0n) is 15.7. The van der Waals surface area contributed by atoms with Crippen molar-refractivity contribution in [3.8, 4) is 0 Å². The number of ether oxygens (including phenoxy) is 1. The maximum absolute atomic E-state index is 14.4. The molecule has 0 bridgehead atoms. The summed E-state index contributed by atoms with van der Waals surface area (Å²) in [6.07, 6.45) is 3.06. The zero-order chi connectivity index (χ0) is 20.2. The molecule has 1 N–H and O–H groups in total. The number of thiophene rings is 1. The molecule has 1 unspecified atom stereocenters. The first kappa shape index (κ1) is 19.2. The molecule has 148 valence electrons. The van der Waals surface area contributed by atoms with E-state index in [9.17, 15) is 9.18 Å². The summed E-state index contributed by atoms with van der Waals surface area (Å²) in [5.41, 5.74) is 1.51. The van der Waals surface area contributed by atoms with E-state index in [1.807, 2.05) is 36.4 Å². The van der Waals surface area contributed by atoms with Crippen molar-refractivity contribution in [1.29, 1.82) is 0 Å². The summed E-state index contributed by atoms with van der Waals surface area (Å²) in [5, 5.41) is 7.66. The molecule has 0 aliphatic carbocycles. The number of carbonyl (C=O) groups excluding carboxylic acids is 1. The molecule has 0 aliphatic heterocycles. The van der Waals surface area contributed by atoms with Crippen molar-refractivity contribution in [3.63, 3.8) is 0 Å². The quantitative estimate of drug-likeness (QED) is 0.501. The van der Waals surface area contributed by atoms with Crippen molar-refractivity contribution < 1.29 is 13.9 Å². The maximum atomic E-state index is 14.4. The van der Waals surface area contributed by atoms with Gasteiger partial charge < -0.3 is 10.1 Å². The van der Waals surface area contributed by atoms with E-state index in [0.717, 1.165) is 10.3 Å². The second-order valence-electron chi connectivity index (χ2n) is 6.51. The highest BCUT2D eigenvalue weighted by Crippen LogP contribution is 2.34. The van der Waals surface area contributed by atoms with E-state index in [-0.39, 0.29) is 24.4 Å². The molecule has 2 aromatic carbocycles. The third kappa shape index (κ3) is 4.03. The van der Waals surface area contributed by atoms with E-state index >= 15 is 0 Å². The Morgan fingerprint density at radius 1 is 1.24 bits per heavy atom. The Labute approximate surface area is 171 Å². The van der Waals surface area contributed by atoms with Gasteiger partial charge in [0.15, 0.2) is 0 Å². The number of hydrogen-bond acceptors (Lipinski definition) is 5. The van der Waals surface area contributed by atoms with Crippen molar-refractivity contribution in [2.45, 2.75) is 19.2 Å². The molecule has 1 amide bonds. The number of nitrogens with one attached hydrogen (secondary N) is 1. The van der Waals surface area contributed by atoms with Crippen molar-refractivity contribution in [2.24, 2.45) is 0 Å². The normalized spacial score (nSPS) is 12.2. The van der Waals surface area contributed by atoms with E-state index in [0.29, 0.717) is 22.4 Å². The first-order valence-electron chi connectivity index (χ1n) is 9.04. The summed E-state index contributed by atoms with van der Waals surface area (Å²) < 4.78 is 22.1. The summed E-state index contributed by atoms with van der Waals surface area (Å²) >= 11 is 1.26. The Bertz CT molecular complexity index is 1110. The number of amides is 1. The molecule has 0 radical (unpaired) electrons. The Morgan fingerprint density at radius 3 is 2.79 bits per heavy atom. The molecule has 4 rings (SSSR count). The molecule has 0 spiro atoms. The van der Waals surface area contributed by atoms with Crippen molar-refractivity contribution in [2.75, 3.05) is 7.11 Å². The number of halogens is 1. The number of nitrogens with zero attached hydrogens (tertiary/aromatic N) is 3. The van der Waals surface area contributed by atoms with Gasteiger partial charge in [0.2, 0.25) is 0 Å². The van der Waals surface area contributed by atoms with E-state index in [4.69, 9.17) is 4.74 Å². The van der Waals surface area contributed by atoms with Gasteiger partial charge in [0.25, 0.3) is 5.91 Å². The number of benzene rings is 2. The lowest BCUT2D eigenvalue weighted by Crippen LogP contribution is -2.31. The van der Waals surface area contributed by atoms with Gasteiger partial charge in [-0.1, -0.05) is 36.4 Å². The van der Waals surface area contributed by atoms with Gasteiger partial charge in [-0.2, -0.15) is 5.10 Å². The minimum absolute atomic E-state index is 0.156. The number of hydrogen-bond donors (Lipinski definition) is 1. The van der Waals surface area contributed by atoms with E-state index in [1.54, 1.807) is 17.1 Å². The summed E-state index contributed by atoms with van der Waals surface area (Å²) in [4.78, 5) is 17.6. The molecule has 6 nitrogen and oxygen atoms in total. The van der Waals surface area contributed by atoms with E-state index in [1.165, 1.54) is 30.8 Å². The predicted molar refractivity (Wildman–Crippen MR) is 109 cm³/mol. The van der Waals surface area contributed by atoms with Crippen molar-refractivity contribution in [3.05, 3.63) is 83.0 Å². The topological polar surface area (TPSA) is 69.0 Å². The Balaban J connectivity index is 1.69. The van der Waals surface area contributed by atoms with Crippen LogP contribution >= 0.6 is 11.3 Å². The van der Waals surface area contributed by atoms with Gasteiger partial charge in [-0.05, 0) is 17.7 Å². The highest BCUT2D eigenvalue weighted by atomic mass is 32.1. The smallest absolute Gasteiger partial charge is 0.262 e. The molecule has 0 aliphatic rings. The van der Waals surface area contributed by atoms with Crippen LogP contribution in [0.15, 0.2) is 61.2 Å². The largest absolute Gasteiger partial charge is 0.380 e. The lowest BCUT2D eigenvalue weighted by molar-refractivity contribution is 0.0931.